The second-order valence-corrected chi connectivity index (χ2v) is 14.7. The summed E-state index contributed by atoms with van der Waals surface area (Å²) in [4.78, 5) is 46.2. The van der Waals surface area contributed by atoms with Gasteiger partial charge < -0.3 is 15.6 Å². The zero-order valence-corrected chi connectivity index (χ0v) is 29.4. The summed E-state index contributed by atoms with van der Waals surface area (Å²) in [6.07, 6.45) is 5.20. The lowest BCUT2D eigenvalue weighted by Gasteiger charge is -2.33. The number of aromatic amines is 3. The standard InChI is InChI=1S/C39H40N12O2/c1-49-17-18-51(21-32-41-28-8-4-6-25-33(28)36(43-32)45-47-38(25)52)16-13-30(49)24-9-10-29-35-34(24)39(53)48-46-37(35)44-31(42-29)20-50-14-11-22(12-15-50)26-19-40-27-7-3-2-5-23(26)27/h2-10,19,22,30,40H,11-18,20-21H2,1H3,(H,47,52)(H,48,53)(H,41,43,45)(H,42,44,46). The van der Waals surface area contributed by atoms with E-state index in [1.807, 2.05) is 12.1 Å². The van der Waals surface area contributed by atoms with E-state index in [9.17, 15) is 9.59 Å². The summed E-state index contributed by atoms with van der Waals surface area (Å²) in [5.41, 5.74) is 4.90. The third-order valence-electron chi connectivity index (χ3n) is 11.6. The monoisotopic (exact) mass is 708 g/mol. The topological polar surface area (TPSA) is 166 Å². The highest BCUT2D eigenvalue weighted by molar-refractivity contribution is 6.14. The fraction of sp³-hybridized carbons (Fsp3) is 0.333. The molecule has 1 atom stereocenters. The fourth-order valence-corrected chi connectivity index (χ4v) is 8.83. The van der Waals surface area contributed by atoms with Gasteiger partial charge in [0.1, 0.15) is 11.7 Å². The molecule has 2 fully saturated rings. The predicted molar refractivity (Wildman–Crippen MR) is 209 cm³/mol. The highest BCUT2D eigenvalue weighted by Crippen LogP contribution is 2.39. The molecular formula is C39H40N12O2. The minimum atomic E-state index is -0.224. The number of anilines is 2. The molecule has 53 heavy (non-hydrogen) atoms. The Morgan fingerprint density at radius 3 is 2.15 bits per heavy atom. The van der Waals surface area contributed by atoms with Crippen molar-refractivity contribution < 1.29 is 0 Å². The molecular weight excluding hydrogens is 669 g/mol. The van der Waals surface area contributed by atoms with Crippen molar-refractivity contribution in [2.75, 3.05) is 63.5 Å². The molecule has 4 aliphatic rings. The maximum Gasteiger partial charge on any atom is 0.272 e. The molecule has 14 heteroatoms. The van der Waals surface area contributed by atoms with Crippen LogP contribution in [0.15, 0.2) is 80.4 Å². The first-order chi connectivity index (χ1) is 26.0. The van der Waals surface area contributed by atoms with Crippen molar-refractivity contribution >= 4 is 67.1 Å². The highest BCUT2D eigenvalue weighted by atomic mass is 16.1. The maximum absolute atomic E-state index is 13.5. The molecule has 268 valence electrons. The van der Waals surface area contributed by atoms with Crippen molar-refractivity contribution in [3.8, 4) is 0 Å². The van der Waals surface area contributed by atoms with Gasteiger partial charge in [0.2, 0.25) is 0 Å². The van der Waals surface area contributed by atoms with Gasteiger partial charge in [0.15, 0.2) is 11.6 Å². The molecule has 10 rings (SSSR count). The van der Waals surface area contributed by atoms with Crippen molar-refractivity contribution in [2.24, 2.45) is 9.98 Å². The highest BCUT2D eigenvalue weighted by Gasteiger charge is 2.30. The molecule has 2 saturated heterocycles. The number of para-hydroxylation sites is 1. The summed E-state index contributed by atoms with van der Waals surface area (Å²) in [5.74, 6) is 3.25. The zero-order chi connectivity index (χ0) is 35.6. The number of aliphatic imine (C=N–C) groups is 2. The number of hydrogen-bond acceptors (Lipinski definition) is 11. The molecule has 1 unspecified atom stereocenters. The first-order valence-electron chi connectivity index (χ1n) is 18.4. The van der Waals surface area contributed by atoms with Gasteiger partial charge >= 0.3 is 0 Å². The number of aromatic nitrogens is 5. The van der Waals surface area contributed by atoms with Crippen molar-refractivity contribution in [1.82, 2.24) is 40.1 Å². The minimum Gasteiger partial charge on any atom is -0.361 e. The summed E-state index contributed by atoms with van der Waals surface area (Å²) < 4.78 is 0. The smallest absolute Gasteiger partial charge is 0.272 e. The summed E-state index contributed by atoms with van der Waals surface area (Å²) in [5, 5.41) is 25.1. The number of H-pyrrole nitrogens is 3. The van der Waals surface area contributed by atoms with E-state index in [0.29, 0.717) is 41.4 Å². The largest absolute Gasteiger partial charge is 0.361 e. The molecule has 0 radical (unpaired) electrons. The van der Waals surface area contributed by atoms with E-state index in [0.717, 1.165) is 91.4 Å². The summed E-state index contributed by atoms with van der Waals surface area (Å²) in [6.45, 7) is 5.72. The van der Waals surface area contributed by atoms with E-state index >= 15 is 0 Å². The summed E-state index contributed by atoms with van der Waals surface area (Å²) in [6, 6.07) is 18.4. The van der Waals surface area contributed by atoms with Crippen molar-refractivity contribution in [3.05, 3.63) is 92.6 Å². The lowest BCUT2D eigenvalue weighted by molar-refractivity contribution is 0.239. The molecule has 0 spiro atoms. The van der Waals surface area contributed by atoms with Crippen LogP contribution >= 0.6 is 0 Å². The molecule has 6 aromatic rings. The molecule has 0 saturated carbocycles. The number of likely N-dealkylation sites (N-methyl/N-ethyl adjacent to an activating group) is 1. The lowest BCUT2D eigenvalue weighted by atomic mass is 9.89. The predicted octanol–water partition coefficient (Wildman–Crippen LogP) is 4.81. The Morgan fingerprint density at radius 1 is 0.660 bits per heavy atom. The van der Waals surface area contributed by atoms with Gasteiger partial charge in [-0.3, -0.25) is 24.3 Å². The van der Waals surface area contributed by atoms with Crippen LogP contribution in [0, 0.1) is 0 Å². The Hall–Kier alpha value is -5.70. The fourth-order valence-electron chi connectivity index (χ4n) is 8.83. The van der Waals surface area contributed by atoms with E-state index < -0.39 is 0 Å². The van der Waals surface area contributed by atoms with Crippen LogP contribution in [0.5, 0.6) is 0 Å². The number of nitrogens with zero attached hydrogens (tertiary/aromatic N) is 7. The Morgan fingerprint density at radius 2 is 1.34 bits per heavy atom. The van der Waals surface area contributed by atoms with Crippen LogP contribution in [-0.4, -0.2) is 105 Å². The Bertz CT molecular complexity index is 2600. The molecule has 0 amide bonds. The average Bonchev–Trinajstić information content (AvgIpc) is 3.53. The number of fused-ring (bicyclic) bond motifs is 1. The number of hydrogen-bond donors (Lipinski definition) is 5. The number of benzene rings is 3. The van der Waals surface area contributed by atoms with Crippen LogP contribution in [0.3, 0.4) is 0 Å². The average molecular weight is 709 g/mol. The molecule has 14 nitrogen and oxygen atoms in total. The van der Waals surface area contributed by atoms with E-state index in [1.54, 1.807) is 6.07 Å². The van der Waals surface area contributed by atoms with Crippen molar-refractivity contribution in [3.63, 3.8) is 0 Å². The van der Waals surface area contributed by atoms with Crippen LogP contribution in [-0.2, 0) is 0 Å². The van der Waals surface area contributed by atoms with Crippen LogP contribution in [0.1, 0.15) is 42.3 Å². The number of nitrogens with one attached hydrogen (secondary N) is 5. The van der Waals surface area contributed by atoms with Gasteiger partial charge in [0, 0.05) is 42.8 Å². The molecule has 0 aliphatic carbocycles. The van der Waals surface area contributed by atoms with Gasteiger partial charge in [-0.1, -0.05) is 30.3 Å². The molecule has 4 aliphatic heterocycles. The quantitative estimate of drug-likeness (QED) is 0.163. The molecule has 3 aromatic carbocycles. The van der Waals surface area contributed by atoms with Crippen LogP contribution in [0.2, 0.25) is 0 Å². The van der Waals surface area contributed by atoms with Gasteiger partial charge in [-0.05, 0) is 80.7 Å². The SMILES string of the molecule is CN1CCN(CC2=Nc3n[nH]c(=O)c4cccc(c34)N2)CCC1c1ccc2c3c(n[nH]c(=O)c13)N=C(CN1CCC(c3c[nH]c4ccccc34)CC1)N2. The van der Waals surface area contributed by atoms with E-state index in [2.05, 4.69) is 100 Å². The number of amidine groups is 2. The number of rotatable bonds is 6. The zero-order valence-electron chi connectivity index (χ0n) is 29.4. The first-order valence-corrected chi connectivity index (χ1v) is 18.4. The Labute approximate surface area is 304 Å². The molecule has 5 N–H and O–H groups in total. The van der Waals surface area contributed by atoms with Gasteiger partial charge in [0.05, 0.1) is 46.0 Å². The molecule has 7 heterocycles. The van der Waals surface area contributed by atoms with E-state index in [4.69, 9.17) is 9.98 Å². The second-order valence-electron chi connectivity index (χ2n) is 14.7. The molecule has 3 aromatic heterocycles. The van der Waals surface area contributed by atoms with Gasteiger partial charge in [-0.2, -0.15) is 10.2 Å². The number of likely N-dealkylation sites (tertiary alicyclic amines) is 1. The van der Waals surface area contributed by atoms with E-state index in [-0.39, 0.29) is 17.2 Å². The normalized spacial score (nSPS) is 19.9. The maximum atomic E-state index is 13.5. The second kappa shape index (κ2) is 12.8. The summed E-state index contributed by atoms with van der Waals surface area (Å²) in [7, 11) is 2.12. The van der Waals surface area contributed by atoms with Crippen LogP contribution in [0.4, 0.5) is 23.0 Å². The van der Waals surface area contributed by atoms with Crippen molar-refractivity contribution in [2.45, 2.75) is 31.2 Å². The summed E-state index contributed by atoms with van der Waals surface area (Å²) >= 11 is 0. The third kappa shape index (κ3) is 5.61. The number of piperidine rings is 1. The minimum absolute atomic E-state index is 0.0247. The third-order valence-corrected chi connectivity index (χ3v) is 11.6. The first kappa shape index (κ1) is 32.0. The Balaban J connectivity index is 0.851. The van der Waals surface area contributed by atoms with Crippen LogP contribution < -0.4 is 21.8 Å². The Kier molecular flexibility index (Phi) is 7.70. The lowest BCUT2D eigenvalue weighted by Crippen LogP contribution is -2.39. The molecule has 0 bridgehead atoms. The van der Waals surface area contributed by atoms with Gasteiger partial charge in [-0.15, -0.1) is 0 Å². The van der Waals surface area contributed by atoms with Gasteiger partial charge in [-0.25, -0.2) is 20.2 Å². The van der Waals surface area contributed by atoms with E-state index in [1.165, 1.54) is 16.5 Å². The van der Waals surface area contributed by atoms with Crippen molar-refractivity contribution in [1.29, 1.82) is 0 Å². The van der Waals surface area contributed by atoms with Crippen LogP contribution in [0.25, 0.3) is 32.4 Å². The van der Waals surface area contributed by atoms with Gasteiger partial charge in [0.25, 0.3) is 11.1 Å².